The molecule has 1 fully saturated rings. The van der Waals surface area contributed by atoms with Gasteiger partial charge >= 0.3 is 0 Å². The standard InChI is InChI=1S/C15H23N3O2/c1-3-18(4-2)14-6-5-12(9-16-14)10-17-15(19)13-7-8-20-11-13/h5-6,9,13H,3-4,7-8,10-11H2,1-2H3,(H,17,19). The highest BCUT2D eigenvalue weighted by Gasteiger charge is 2.22. The van der Waals surface area contributed by atoms with Crippen LogP contribution in [0, 0.1) is 5.92 Å². The summed E-state index contributed by atoms with van der Waals surface area (Å²) in [4.78, 5) is 18.5. The van der Waals surface area contributed by atoms with E-state index in [0.717, 1.165) is 30.9 Å². The molecule has 5 nitrogen and oxygen atoms in total. The van der Waals surface area contributed by atoms with Gasteiger partial charge in [-0.3, -0.25) is 4.79 Å². The van der Waals surface area contributed by atoms with Gasteiger partial charge in [0.25, 0.3) is 0 Å². The van der Waals surface area contributed by atoms with Crippen molar-refractivity contribution in [1.29, 1.82) is 0 Å². The Balaban J connectivity index is 1.85. The van der Waals surface area contributed by atoms with Gasteiger partial charge in [0.05, 0.1) is 12.5 Å². The lowest BCUT2D eigenvalue weighted by Crippen LogP contribution is -2.30. The molecule has 1 unspecified atom stereocenters. The van der Waals surface area contributed by atoms with Gasteiger partial charge in [-0.1, -0.05) is 6.07 Å². The minimum Gasteiger partial charge on any atom is -0.381 e. The summed E-state index contributed by atoms with van der Waals surface area (Å²) in [5.41, 5.74) is 1.02. The highest BCUT2D eigenvalue weighted by Crippen LogP contribution is 2.13. The lowest BCUT2D eigenvalue weighted by molar-refractivity contribution is -0.125. The molecule has 1 aromatic rings. The van der Waals surface area contributed by atoms with Crippen LogP contribution in [0.15, 0.2) is 18.3 Å². The molecule has 5 heteroatoms. The Morgan fingerprint density at radius 2 is 2.25 bits per heavy atom. The highest BCUT2D eigenvalue weighted by molar-refractivity contribution is 5.78. The van der Waals surface area contributed by atoms with Crippen molar-refractivity contribution >= 4 is 11.7 Å². The number of pyridine rings is 1. The molecule has 1 amide bonds. The molecule has 0 aliphatic carbocycles. The van der Waals surface area contributed by atoms with Gasteiger partial charge in [0.15, 0.2) is 0 Å². The molecule has 1 aromatic heterocycles. The average Bonchev–Trinajstić information content (AvgIpc) is 3.01. The number of carbonyl (C=O) groups is 1. The molecule has 1 aliphatic rings. The monoisotopic (exact) mass is 277 g/mol. The highest BCUT2D eigenvalue weighted by atomic mass is 16.5. The van der Waals surface area contributed by atoms with Crippen molar-refractivity contribution in [1.82, 2.24) is 10.3 Å². The van der Waals surface area contributed by atoms with Crippen molar-refractivity contribution in [2.24, 2.45) is 5.92 Å². The van der Waals surface area contributed by atoms with Gasteiger partial charge in [0.2, 0.25) is 5.91 Å². The van der Waals surface area contributed by atoms with Crippen LogP contribution in [0.4, 0.5) is 5.82 Å². The maximum Gasteiger partial charge on any atom is 0.225 e. The smallest absolute Gasteiger partial charge is 0.225 e. The number of nitrogens with zero attached hydrogens (tertiary/aromatic N) is 2. The van der Waals surface area contributed by atoms with E-state index in [4.69, 9.17) is 4.74 Å². The second kappa shape index (κ2) is 7.24. The van der Waals surface area contributed by atoms with Crippen molar-refractivity contribution in [3.8, 4) is 0 Å². The minimum atomic E-state index is 0.0120. The van der Waals surface area contributed by atoms with Gasteiger partial charge in [0.1, 0.15) is 5.82 Å². The molecule has 0 radical (unpaired) electrons. The van der Waals surface area contributed by atoms with E-state index in [1.54, 1.807) is 0 Å². The third-order valence-electron chi connectivity index (χ3n) is 3.66. The predicted octanol–water partition coefficient (Wildman–Crippen LogP) is 1.58. The average molecular weight is 277 g/mol. The van der Waals surface area contributed by atoms with E-state index in [1.165, 1.54) is 0 Å². The molecule has 1 atom stereocenters. The number of hydrogen-bond donors (Lipinski definition) is 1. The molecule has 2 rings (SSSR count). The number of ether oxygens (including phenoxy) is 1. The van der Waals surface area contributed by atoms with Gasteiger partial charge in [-0.2, -0.15) is 0 Å². The van der Waals surface area contributed by atoms with E-state index >= 15 is 0 Å². The number of anilines is 1. The molecule has 0 saturated carbocycles. The Hall–Kier alpha value is -1.62. The van der Waals surface area contributed by atoms with Crippen molar-refractivity contribution in [2.45, 2.75) is 26.8 Å². The third-order valence-corrected chi connectivity index (χ3v) is 3.66. The number of amides is 1. The summed E-state index contributed by atoms with van der Waals surface area (Å²) in [5.74, 6) is 1.07. The maximum atomic E-state index is 11.9. The van der Waals surface area contributed by atoms with E-state index in [-0.39, 0.29) is 11.8 Å². The van der Waals surface area contributed by atoms with E-state index in [0.29, 0.717) is 19.8 Å². The largest absolute Gasteiger partial charge is 0.381 e. The Morgan fingerprint density at radius 1 is 1.45 bits per heavy atom. The quantitative estimate of drug-likeness (QED) is 0.858. The molecule has 1 aliphatic heterocycles. The van der Waals surface area contributed by atoms with Crippen molar-refractivity contribution in [3.63, 3.8) is 0 Å². The van der Waals surface area contributed by atoms with E-state index < -0.39 is 0 Å². The second-order valence-electron chi connectivity index (χ2n) is 4.98. The van der Waals surface area contributed by atoms with Gasteiger partial charge in [0, 0.05) is 32.4 Å². The van der Waals surface area contributed by atoms with Crippen LogP contribution in [0.5, 0.6) is 0 Å². The topological polar surface area (TPSA) is 54.5 Å². The fourth-order valence-corrected chi connectivity index (χ4v) is 2.33. The molecule has 20 heavy (non-hydrogen) atoms. The van der Waals surface area contributed by atoms with Crippen LogP contribution in [0.25, 0.3) is 0 Å². The summed E-state index contributed by atoms with van der Waals surface area (Å²) in [6.45, 7) is 7.89. The first-order chi connectivity index (χ1) is 9.74. The summed E-state index contributed by atoms with van der Waals surface area (Å²) >= 11 is 0. The zero-order chi connectivity index (χ0) is 14.4. The van der Waals surface area contributed by atoms with Crippen molar-refractivity contribution < 1.29 is 9.53 Å². The molecule has 0 spiro atoms. The molecule has 1 saturated heterocycles. The number of carbonyl (C=O) groups excluding carboxylic acids is 1. The SMILES string of the molecule is CCN(CC)c1ccc(CNC(=O)C2CCOC2)cn1. The summed E-state index contributed by atoms with van der Waals surface area (Å²) < 4.78 is 5.22. The second-order valence-corrected chi connectivity index (χ2v) is 4.98. The van der Waals surface area contributed by atoms with Crippen LogP contribution in [0.2, 0.25) is 0 Å². The van der Waals surface area contributed by atoms with Crippen molar-refractivity contribution in [3.05, 3.63) is 23.9 Å². The zero-order valence-electron chi connectivity index (χ0n) is 12.3. The third kappa shape index (κ3) is 3.70. The molecule has 110 valence electrons. The van der Waals surface area contributed by atoms with Crippen LogP contribution < -0.4 is 10.2 Å². The fraction of sp³-hybridized carbons (Fsp3) is 0.600. The van der Waals surface area contributed by atoms with Crippen LogP contribution >= 0.6 is 0 Å². The Labute approximate surface area is 120 Å². The van der Waals surface area contributed by atoms with Gasteiger partial charge in [-0.25, -0.2) is 4.98 Å². The normalized spacial score (nSPS) is 18.0. The minimum absolute atomic E-state index is 0.0120. The predicted molar refractivity (Wildman–Crippen MR) is 78.6 cm³/mol. The van der Waals surface area contributed by atoms with Gasteiger partial charge in [-0.15, -0.1) is 0 Å². The lowest BCUT2D eigenvalue weighted by Gasteiger charge is -2.19. The maximum absolute atomic E-state index is 11.9. The van der Waals surface area contributed by atoms with E-state index in [9.17, 15) is 4.79 Å². The van der Waals surface area contributed by atoms with Crippen LogP contribution in [-0.4, -0.2) is 37.2 Å². The molecule has 0 aromatic carbocycles. The number of hydrogen-bond acceptors (Lipinski definition) is 4. The Kier molecular flexibility index (Phi) is 5.35. The summed E-state index contributed by atoms with van der Waals surface area (Å²) in [5, 5.41) is 2.95. The first kappa shape index (κ1) is 14.8. The summed E-state index contributed by atoms with van der Waals surface area (Å²) in [7, 11) is 0. The molecule has 0 bridgehead atoms. The molecule has 2 heterocycles. The molecular weight excluding hydrogens is 254 g/mol. The van der Waals surface area contributed by atoms with Crippen LogP contribution in [0.1, 0.15) is 25.8 Å². The lowest BCUT2D eigenvalue weighted by atomic mass is 10.1. The zero-order valence-corrected chi connectivity index (χ0v) is 12.3. The first-order valence-corrected chi connectivity index (χ1v) is 7.30. The van der Waals surface area contributed by atoms with E-state index in [1.807, 2.05) is 18.3 Å². The Bertz CT molecular complexity index is 423. The van der Waals surface area contributed by atoms with Crippen LogP contribution in [-0.2, 0) is 16.1 Å². The van der Waals surface area contributed by atoms with Crippen molar-refractivity contribution in [2.75, 3.05) is 31.2 Å². The van der Waals surface area contributed by atoms with Gasteiger partial charge < -0.3 is 15.0 Å². The van der Waals surface area contributed by atoms with Crippen LogP contribution in [0.3, 0.4) is 0 Å². The Morgan fingerprint density at radius 3 is 2.80 bits per heavy atom. The summed E-state index contributed by atoms with van der Waals surface area (Å²) in [6.07, 6.45) is 2.66. The number of nitrogens with one attached hydrogen (secondary N) is 1. The molecule has 1 N–H and O–H groups in total. The summed E-state index contributed by atoms with van der Waals surface area (Å²) in [6, 6.07) is 4.03. The fourth-order valence-electron chi connectivity index (χ4n) is 2.33. The number of aromatic nitrogens is 1. The van der Waals surface area contributed by atoms with Gasteiger partial charge in [-0.05, 0) is 31.9 Å². The number of rotatable bonds is 6. The first-order valence-electron chi connectivity index (χ1n) is 7.30. The molecular formula is C15H23N3O2. The van der Waals surface area contributed by atoms with E-state index in [2.05, 4.69) is 29.0 Å².